The molecule has 3 nitrogen and oxygen atoms in total. The molecular weight excluding hydrogens is 241 g/mol. The van der Waals surface area contributed by atoms with Crippen LogP contribution in [0.5, 0.6) is 0 Å². The average molecular weight is 261 g/mol. The molecule has 2 N–H and O–H groups in total. The van der Waals surface area contributed by atoms with E-state index in [0.717, 1.165) is 23.4 Å². The number of aromatic nitrogens is 2. The summed E-state index contributed by atoms with van der Waals surface area (Å²) in [6.07, 6.45) is 0.965. The Morgan fingerprint density at radius 3 is 2.68 bits per heavy atom. The van der Waals surface area contributed by atoms with E-state index in [1.807, 2.05) is 17.7 Å². The van der Waals surface area contributed by atoms with Gasteiger partial charge in [0.2, 0.25) is 0 Å². The molecule has 0 aliphatic carbocycles. The Morgan fingerprint density at radius 1 is 1.37 bits per heavy atom. The highest BCUT2D eigenvalue weighted by molar-refractivity contribution is 5.25. The van der Waals surface area contributed by atoms with Crippen molar-refractivity contribution >= 4 is 0 Å². The van der Waals surface area contributed by atoms with Gasteiger partial charge in [0.15, 0.2) is 0 Å². The van der Waals surface area contributed by atoms with E-state index < -0.39 is 0 Å². The maximum Gasteiger partial charge on any atom is 0.123 e. The molecule has 0 saturated carbocycles. The molecule has 102 valence electrons. The van der Waals surface area contributed by atoms with E-state index in [0.29, 0.717) is 6.54 Å². The molecular formula is C15H20FN3. The number of hydrogen-bond acceptors (Lipinski definition) is 2. The zero-order valence-electron chi connectivity index (χ0n) is 11.7. The van der Waals surface area contributed by atoms with Crippen LogP contribution in [0.1, 0.15) is 35.5 Å². The van der Waals surface area contributed by atoms with Crippen LogP contribution in [0.15, 0.2) is 24.3 Å². The first-order valence-corrected chi connectivity index (χ1v) is 6.56. The fourth-order valence-electron chi connectivity index (χ4n) is 2.45. The highest BCUT2D eigenvalue weighted by atomic mass is 19.1. The van der Waals surface area contributed by atoms with Crippen molar-refractivity contribution in [3.05, 3.63) is 52.6 Å². The molecule has 1 heterocycles. The third-order valence-corrected chi connectivity index (χ3v) is 3.53. The number of nitrogens with two attached hydrogens (primary N) is 1. The van der Waals surface area contributed by atoms with Gasteiger partial charge in [-0.25, -0.2) is 4.39 Å². The third-order valence-electron chi connectivity index (χ3n) is 3.53. The SMILES string of the molecule is CCc1c(C)nn(CC(N)c2cccc(F)c2)c1C. The summed E-state index contributed by atoms with van der Waals surface area (Å²) in [5, 5.41) is 4.51. The second-order valence-electron chi connectivity index (χ2n) is 4.85. The van der Waals surface area contributed by atoms with Crippen LogP contribution in [0, 0.1) is 19.7 Å². The summed E-state index contributed by atoms with van der Waals surface area (Å²) in [6.45, 7) is 6.75. The number of aryl methyl sites for hydroxylation is 1. The van der Waals surface area contributed by atoms with Gasteiger partial charge in [0.05, 0.1) is 12.2 Å². The van der Waals surface area contributed by atoms with Gasteiger partial charge in [-0.3, -0.25) is 4.68 Å². The normalized spacial score (nSPS) is 12.7. The Hall–Kier alpha value is -1.68. The first-order valence-electron chi connectivity index (χ1n) is 6.56. The summed E-state index contributed by atoms with van der Waals surface area (Å²) in [7, 11) is 0. The van der Waals surface area contributed by atoms with Crippen LogP contribution in [0.25, 0.3) is 0 Å². The van der Waals surface area contributed by atoms with Crippen LogP contribution in [-0.4, -0.2) is 9.78 Å². The van der Waals surface area contributed by atoms with E-state index in [9.17, 15) is 4.39 Å². The number of benzene rings is 1. The van der Waals surface area contributed by atoms with Crippen molar-refractivity contribution < 1.29 is 4.39 Å². The number of hydrogen-bond donors (Lipinski definition) is 1. The smallest absolute Gasteiger partial charge is 0.123 e. The molecule has 19 heavy (non-hydrogen) atoms. The van der Waals surface area contributed by atoms with Gasteiger partial charge < -0.3 is 5.73 Å². The molecule has 1 unspecified atom stereocenters. The second kappa shape index (κ2) is 5.53. The second-order valence-corrected chi connectivity index (χ2v) is 4.85. The summed E-state index contributed by atoms with van der Waals surface area (Å²) >= 11 is 0. The molecule has 0 bridgehead atoms. The predicted molar refractivity (Wildman–Crippen MR) is 74.4 cm³/mol. The number of halogens is 1. The molecule has 1 atom stereocenters. The van der Waals surface area contributed by atoms with Crippen molar-refractivity contribution in [2.75, 3.05) is 0 Å². The Morgan fingerprint density at radius 2 is 2.11 bits per heavy atom. The van der Waals surface area contributed by atoms with Gasteiger partial charge in [-0.2, -0.15) is 5.10 Å². The zero-order chi connectivity index (χ0) is 14.0. The largest absolute Gasteiger partial charge is 0.322 e. The highest BCUT2D eigenvalue weighted by Crippen LogP contribution is 2.18. The first-order chi connectivity index (χ1) is 9.02. The molecule has 1 aromatic carbocycles. The van der Waals surface area contributed by atoms with E-state index in [4.69, 9.17) is 5.73 Å². The minimum absolute atomic E-state index is 0.251. The van der Waals surface area contributed by atoms with Gasteiger partial charge >= 0.3 is 0 Å². The average Bonchev–Trinajstić information content (AvgIpc) is 2.64. The van der Waals surface area contributed by atoms with Gasteiger partial charge in [-0.15, -0.1) is 0 Å². The van der Waals surface area contributed by atoms with Crippen LogP contribution in [0.4, 0.5) is 4.39 Å². The van der Waals surface area contributed by atoms with Crippen molar-refractivity contribution in [1.29, 1.82) is 0 Å². The number of rotatable bonds is 4. The summed E-state index contributed by atoms with van der Waals surface area (Å²) in [6, 6.07) is 6.19. The summed E-state index contributed by atoms with van der Waals surface area (Å²) < 4.78 is 15.1. The topological polar surface area (TPSA) is 43.8 Å². The van der Waals surface area contributed by atoms with Gasteiger partial charge in [0, 0.05) is 11.7 Å². The number of nitrogens with zero attached hydrogens (tertiary/aromatic N) is 2. The van der Waals surface area contributed by atoms with Crippen LogP contribution in [0.3, 0.4) is 0 Å². The zero-order valence-corrected chi connectivity index (χ0v) is 11.7. The Balaban J connectivity index is 2.22. The molecule has 0 radical (unpaired) electrons. The Kier molecular flexibility index (Phi) is 4.00. The monoisotopic (exact) mass is 261 g/mol. The molecule has 0 aliphatic heterocycles. The van der Waals surface area contributed by atoms with Crippen LogP contribution < -0.4 is 5.73 Å². The molecule has 0 aliphatic rings. The first kappa shape index (κ1) is 13.7. The van der Waals surface area contributed by atoms with E-state index >= 15 is 0 Å². The molecule has 0 saturated heterocycles. The lowest BCUT2D eigenvalue weighted by Crippen LogP contribution is -2.19. The predicted octanol–water partition coefficient (Wildman–Crippen LogP) is 2.90. The summed E-state index contributed by atoms with van der Waals surface area (Å²) in [5.74, 6) is -0.254. The molecule has 2 rings (SSSR count). The van der Waals surface area contributed by atoms with Gasteiger partial charge in [0.1, 0.15) is 5.82 Å². The van der Waals surface area contributed by atoms with Crippen molar-refractivity contribution in [2.45, 2.75) is 39.8 Å². The molecule has 0 spiro atoms. The molecule has 4 heteroatoms. The quantitative estimate of drug-likeness (QED) is 0.919. The summed E-state index contributed by atoms with van der Waals surface area (Å²) in [5.41, 5.74) is 10.4. The highest BCUT2D eigenvalue weighted by Gasteiger charge is 2.13. The lowest BCUT2D eigenvalue weighted by atomic mass is 10.1. The van der Waals surface area contributed by atoms with Gasteiger partial charge in [-0.1, -0.05) is 19.1 Å². The fraction of sp³-hybridized carbons (Fsp3) is 0.400. The van der Waals surface area contributed by atoms with E-state index in [1.54, 1.807) is 6.07 Å². The van der Waals surface area contributed by atoms with Crippen molar-refractivity contribution in [3.63, 3.8) is 0 Å². The van der Waals surface area contributed by atoms with Crippen molar-refractivity contribution in [3.8, 4) is 0 Å². The Labute approximate surface area is 113 Å². The van der Waals surface area contributed by atoms with Crippen molar-refractivity contribution in [1.82, 2.24) is 9.78 Å². The standard InChI is InChI=1S/C15H20FN3/c1-4-14-10(2)18-19(11(14)3)9-15(17)12-6-5-7-13(16)8-12/h5-8,15H,4,9,17H2,1-3H3. The van der Waals surface area contributed by atoms with Crippen molar-refractivity contribution in [2.24, 2.45) is 5.73 Å². The van der Waals surface area contributed by atoms with E-state index in [-0.39, 0.29) is 11.9 Å². The van der Waals surface area contributed by atoms with E-state index in [1.165, 1.54) is 17.7 Å². The fourth-order valence-corrected chi connectivity index (χ4v) is 2.45. The molecule has 0 amide bonds. The van der Waals surface area contributed by atoms with Gasteiger partial charge in [0.25, 0.3) is 0 Å². The molecule has 1 aromatic heterocycles. The Bertz CT molecular complexity index is 575. The molecule has 2 aromatic rings. The minimum atomic E-state index is -0.254. The van der Waals surface area contributed by atoms with Crippen LogP contribution >= 0.6 is 0 Å². The maximum absolute atomic E-state index is 13.2. The summed E-state index contributed by atoms with van der Waals surface area (Å²) in [4.78, 5) is 0. The third kappa shape index (κ3) is 2.84. The molecule has 0 fully saturated rings. The van der Waals surface area contributed by atoms with Gasteiger partial charge in [-0.05, 0) is 43.5 Å². The minimum Gasteiger partial charge on any atom is -0.322 e. The van der Waals surface area contributed by atoms with E-state index in [2.05, 4.69) is 18.9 Å². The van der Waals surface area contributed by atoms with Crippen LogP contribution in [-0.2, 0) is 13.0 Å². The maximum atomic E-state index is 13.2. The van der Waals surface area contributed by atoms with Crippen LogP contribution in [0.2, 0.25) is 0 Å². The lowest BCUT2D eigenvalue weighted by Gasteiger charge is -2.13. The lowest BCUT2D eigenvalue weighted by molar-refractivity contribution is 0.511.